The summed E-state index contributed by atoms with van der Waals surface area (Å²) in [5.74, 6) is 1.48. The molecule has 1 aromatic rings. The predicted octanol–water partition coefficient (Wildman–Crippen LogP) is 5.03. The van der Waals surface area contributed by atoms with Gasteiger partial charge in [0.05, 0.1) is 0 Å². The third-order valence-electron chi connectivity index (χ3n) is 4.07. The first kappa shape index (κ1) is 15.3. The first-order valence-electron chi connectivity index (χ1n) is 7.50. The second-order valence-corrected chi connectivity index (χ2v) is 6.25. The Kier molecular flexibility index (Phi) is 5.42. The highest BCUT2D eigenvalue weighted by Crippen LogP contribution is 2.28. The summed E-state index contributed by atoms with van der Waals surface area (Å²) in [5.41, 5.74) is 4.88. The zero-order valence-corrected chi connectivity index (χ0v) is 13.2. The average Bonchev–Trinajstić information content (AvgIpc) is 2.43. The minimum Gasteiger partial charge on any atom is -0.295 e. The van der Waals surface area contributed by atoms with Crippen molar-refractivity contribution in [3.8, 4) is 0 Å². The third-order valence-corrected chi connectivity index (χ3v) is 4.26. The second kappa shape index (κ2) is 7.08. The Labute approximate surface area is 127 Å². The number of benzene rings is 1. The molecule has 1 nitrogen and oxygen atoms in total. The van der Waals surface area contributed by atoms with Gasteiger partial charge in [-0.2, -0.15) is 0 Å². The van der Waals surface area contributed by atoms with Gasteiger partial charge in [-0.15, -0.1) is 11.6 Å². The van der Waals surface area contributed by atoms with Crippen LogP contribution in [0.5, 0.6) is 0 Å². The van der Waals surface area contributed by atoms with E-state index in [4.69, 9.17) is 11.6 Å². The lowest BCUT2D eigenvalue weighted by Crippen LogP contribution is -2.14. The molecule has 0 saturated carbocycles. The number of alkyl halides is 1. The summed E-state index contributed by atoms with van der Waals surface area (Å²) in [4.78, 5) is 12.2. The van der Waals surface area contributed by atoms with Crippen molar-refractivity contribution in [2.24, 2.45) is 0 Å². The van der Waals surface area contributed by atoms with Crippen LogP contribution >= 0.6 is 11.6 Å². The van der Waals surface area contributed by atoms with Gasteiger partial charge in [0.15, 0.2) is 5.78 Å². The van der Waals surface area contributed by atoms with Crippen molar-refractivity contribution in [1.82, 2.24) is 0 Å². The molecule has 0 saturated heterocycles. The molecule has 20 heavy (non-hydrogen) atoms. The van der Waals surface area contributed by atoms with Crippen molar-refractivity contribution in [2.75, 3.05) is 5.88 Å². The van der Waals surface area contributed by atoms with Crippen LogP contribution in [0.3, 0.4) is 0 Å². The number of ketones is 1. The minimum atomic E-state index is 0.323. The molecule has 0 atom stereocenters. The van der Waals surface area contributed by atoms with Crippen molar-refractivity contribution >= 4 is 17.4 Å². The minimum absolute atomic E-state index is 0.323. The van der Waals surface area contributed by atoms with E-state index in [9.17, 15) is 4.79 Å². The Hall–Kier alpha value is -1.08. The summed E-state index contributed by atoms with van der Waals surface area (Å²) >= 11 is 5.86. The molecule has 2 heteroatoms. The van der Waals surface area contributed by atoms with Crippen LogP contribution in [0, 0.1) is 0 Å². The maximum atomic E-state index is 12.2. The van der Waals surface area contributed by atoms with Crippen molar-refractivity contribution in [1.29, 1.82) is 0 Å². The third kappa shape index (κ3) is 3.73. The zero-order chi connectivity index (χ0) is 14.5. The molecule has 0 unspecified atom stereocenters. The van der Waals surface area contributed by atoms with Gasteiger partial charge in [-0.05, 0) is 41.9 Å². The fraction of sp³-hybridized carbons (Fsp3) is 0.500. The normalized spacial score (nSPS) is 16.1. The lowest BCUT2D eigenvalue weighted by Gasteiger charge is -2.19. The molecule has 0 spiro atoms. The van der Waals surface area contributed by atoms with Crippen LogP contribution in [0.1, 0.15) is 56.6 Å². The molecule has 0 aromatic heterocycles. The summed E-state index contributed by atoms with van der Waals surface area (Å²) in [5, 5.41) is 0. The largest absolute Gasteiger partial charge is 0.295 e. The number of halogens is 1. The van der Waals surface area contributed by atoms with E-state index in [0.29, 0.717) is 24.0 Å². The van der Waals surface area contributed by atoms with Crippen LogP contribution in [0.2, 0.25) is 0 Å². The molecule has 2 rings (SSSR count). The van der Waals surface area contributed by atoms with Crippen molar-refractivity contribution in [3.63, 3.8) is 0 Å². The maximum absolute atomic E-state index is 12.2. The van der Waals surface area contributed by atoms with Gasteiger partial charge in [0.1, 0.15) is 0 Å². The van der Waals surface area contributed by atoms with Gasteiger partial charge < -0.3 is 0 Å². The Bertz CT molecular complexity index is 497. The molecule has 0 aliphatic heterocycles. The van der Waals surface area contributed by atoms with E-state index in [1.54, 1.807) is 0 Å². The van der Waals surface area contributed by atoms with Crippen LogP contribution in [0.25, 0.3) is 0 Å². The quantitative estimate of drug-likeness (QED) is 0.695. The number of carbonyl (C=O) groups excluding carboxylic acids is 1. The molecule has 0 radical (unpaired) electrons. The number of carbonyl (C=O) groups is 1. The highest BCUT2D eigenvalue weighted by Gasteiger charge is 2.20. The van der Waals surface area contributed by atoms with E-state index in [1.807, 2.05) is 0 Å². The van der Waals surface area contributed by atoms with Gasteiger partial charge in [0.2, 0.25) is 0 Å². The lowest BCUT2D eigenvalue weighted by molar-refractivity contribution is -0.116. The van der Waals surface area contributed by atoms with Crippen molar-refractivity contribution in [3.05, 3.63) is 46.5 Å². The highest BCUT2D eigenvalue weighted by molar-refractivity contribution is 6.18. The lowest BCUT2D eigenvalue weighted by atomic mass is 9.85. The molecule has 0 bridgehead atoms. The monoisotopic (exact) mass is 290 g/mol. The number of hydrogen-bond donors (Lipinski definition) is 0. The number of hydrogen-bond acceptors (Lipinski definition) is 1. The summed E-state index contributed by atoms with van der Waals surface area (Å²) < 4.78 is 0. The van der Waals surface area contributed by atoms with E-state index >= 15 is 0 Å². The SMILES string of the molecule is CC(C)c1ccc(CC2=C(CCCl)CCCC2=O)cc1. The fourth-order valence-corrected chi connectivity index (χ4v) is 3.03. The molecule has 0 amide bonds. The number of Topliss-reactive ketones (excluding diaryl/α,β-unsaturated/α-hetero) is 1. The molecule has 0 heterocycles. The summed E-state index contributed by atoms with van der Waals surface area (Å²) in [6.45, 7) is 4.39. The summed E-state index contributed by atoms with van der Waals surface area (Å²) in [7, 11) is 0. The van der Waals surface area contributed by atoms with Gasteiger partial charge in [-0.3, -0.25) is 4.79 Å². The smallest absolute Gasteiger partial charge is 0.159 e. The predicted molar refractivity (Wildman–Crippen MR) is 85.5 cm³/mol. The van der Waals surface area contributed by atoms with E-state index in [2.05, 4.69) is 38.1 Å². The van der Waals surface area contributed by atoms with Gasteiger partial charge in [-0.25, -0.2) is 0 Å². The van der Waals surface area contributed by atoms with Gasteiger partial charge >= 0.3 is 0 Å². The molecular formula is C18H23ClO. The van der Waals surface area contributed by atoms with E-state index in [-0.39, 0.29) is 0 Å². The summed E-state index contributed by atoms with van der Waals surface area (Å²) in [6, 6.07) is 8.66. The highest BCUT2D eigenvalue weighted by atomic mass is 35.5. The van der Waals surface area contributed by atoms with Crippen LogP contribution in [0.4, 0.5) is 0 Å². The van der Waals surface area contributed by atoms with Gasteiger partial charge in [0, 0.05) is 18.7 Å². The van der Waals surface area contributed by atoms with E-state index in [1.165, 1.54) is 16.7 Å². The average molecular weight is 291 g/mol. The van der Waals surface area contributed by atoms with E-state index in [0.717, 1.165) is 31.3 Å². The molecular weight excluding hydrogens is 268 g/mol. The van der Waals surface area contributed by atoms with E-state index < -0.39 is 0 Å². The number of rotatable bonds is 5. The topological polar surface area (TPSA) is 17.1 Å². The van der Waals surface area contributed by atoms with Gasteiger partial charge in [-0.1, -0.05) is 43.7 Å². The molecule has 1 aromatic carbocycles. The number of allylic oxidation sites excluding steroid dienone is 2. The van der Waals surface area contributed by atoms with Crippen LogP contribution in [-0.4, -0.2) is 11.7 Å². The first-order valence-corrected chi connectivity index (χ1v) is 8.04. The van der Waals surface area contributed by atoms with Crippen molar-refractivity contribution in [2.45, 2.75) is 51.9 Å². The fourth-order valence-electron chi connectivity index (χ4n) is 2.80. The molecule has 1 aliphatic carbocycles. The van der Waals surface area contributed by atoms with Crippen molar-refractivity contribution < 1.29 is 4.79 Å². The van der Waals surface area contributed by atoms with Gasteiger partial charge in [0.25, 0.3) is 0 Å². The van der Waals surface area contributed by atoms with Crippen LogP contribution in [0.15, 0.2) is 35.4 Å². The maximum Gasteiger partial charge on any atom is 0.159 e. The second-order valence-electron chi connectivity index (χ2n) is 5.87. The Morgan fingerprint density at radius 3 is 2.45 bits per heavy atom. The molecule has 0 fully saturated rings. The van der Waals surface area contributed by atoms with Crippen LogP contribution in [-0.2, 0) is 11.2 Å². The summed E-state index contributed by atoms with van der Waals surface area (Å²) in [6.07, 6.45) is 4.35. The standard InChI is InChI=1S/C18H23ClO/c1-13(2)15-8-6-14(7-9-15)12-17-16(10-11-19)4-3-5-18(17)20/h6-9,13H,3-5,10-12H2,1-2H3. The molecule has 0 N–H and O–H groups in total. The Morgan fingerprint density at radius 2 is 1.85 bits per heavy atom. The molecule has 108 valence electrons. The molecule has 1 aliphatic rings. The Morgan fingerprint density at radius 1 is 1.15 bits per heavy atom. The zero-order valence-electron chi connectivity index (χ0n) is 12.4. The van der Waals surface area contributed by atoms with Crippen LogP contribution < -0.4 is 0 Å². The first-order chi connectivity index (χ1) is 9.61. The Balaban J connectivity index is 2.19.